The minimum absolute atomic E-state index is 0.444. The standard InChI is InChI=1S/C18H26N2S/c1-14(2)16-9-7-15(8-10-16)12-19-13-17(20(3)4)18-6-5-11-21-18/h5-11,14,17,19H,12-13H2,1-4H3. The number of nitrogens with zero attached hydrogens (tertiary/aromatic N) is 1. The summed E-state index contributed by atoms with van der Waals surface area (Å²) < 4.78 is 0. The Kier molecular flexibility index (Phi) is 5.97. The Balaban J connectivity index is 1.87. The molecule has 0 fully saturated rings. The Morgan fingerprint density at radius 3 is 2.33 bits per heavy atom. The van der Waals surface area contributed by atoms with E-state index in [1.807, 2.05) is 11.3 Å². The highest BCUT2D eigenvalue weighted by Gasteiger charge is 2.14. The van der Waals surface area contributed by atoms with Gasteiger partial charge in [0, 0.05) is 18.0 Å². The van der Waals surface area contributed by atoms with Gasteiger partial charge >= 0.3 is 0 Å². The van der Waals surface area contributed by atoms with Crippen LogP contribution in [0.3, 0.4) is 0 Å². The average molecular weight is 302 g/mol. The Morgan fingerprint density at radius 1 is 1.10 bits per heavy atom. The van der Waals surface area contributed by atoms with E-state index in [2.05, 4.69) is 79.9 Å². The van der Waals surface area contributed by atoms with Gasteiger partial charge in [-0.05, 0) is 42.6 Å². The van der Waals surface area contributed by atoms with Gasteiger partial charge in [-0.15, -0.1) is 11.3 Å². The van der Waals surface area contributed by atoms with Crippen molar-refractivity contribution < 1.29 is 0 Å². The molecular formula is C18H26N2S. The smallest absolute Gasteiger partial charge is 0.0561 e. The molecule has 0 bridgehead atoms. The molecule has 114 valence electrons. The molecule has 0 saturated carbocycles. The van der Waals surface area contributed by atoms with Crippen LogP contribution in [-0.2, 0) is 6.54 Å². The number of hydrogen-bond acceptors (Lipinski definition) is 3. The third kappa shape index (κ3) is 4.67. The van der Waals surface area contributed by atoms with Crippen molar-refractivity contribution >= 4 is 11.3 Å². The largest absolute Gasteiger partial charge is 0.311 e. The zero-order valence-electron chi connectivity index (χ0n) is 13.5. The van der Waals surface area contributed by atoms with Gasteiger partial charge in [-0.25, -0.2) is 0 Å². The number of nitrogens with one attached hydrogen (secondary N) is 1. The molecule has 1 unspecified atom stereocenters. The van der Waals surface area contributed by atoms with Gasteiger partial charge < -0.3 is 10.2 Å². The highest BCUT2D eigenvalue weighted by molar-refractivity contribution is 7.10. The number of hydrogen-bond donors (Lipinski definition) is 1. The van der Waals surface area contributed by atoms with Crippen LogP contribution in [0.15, 0.2) is 41.8 Å². The van der Waals surface area contributed by atoms with Crippen LogP contribution in [0.1, 0.15) is 41.8 Å². The lowest BCUT2D eigenvalue weighted by atomic mass is 10.0. The summed E-state index contributed by atoms with van der Waals surface area (Å²) in [5, 5.41) is 5.73. The molecule has 0 aliphatic rings. The van der Waals surface area contributed by atoms with E-state index in [0.717, 1.165) is 13.1 Å². The number of thiophene rings is 1. The number of benzene rings is 1. The molecule has 0 aliphatic carbocycles. The van der Waals surface area contributed by atoms with Crippen LogP contribution in [0.4, 0.5) is 0 Å². The maximum absolute atomic E-state index is 3.59. The summed E-state index contributed by atoms with van der Waals surface area (Å²) in [6.45, 7) is 6.36. The van der Waals surface area contributed by atoms with E-state index in [4.69, 9.17) is 0 Å². The predicted octanol–water partition coefficient (Wildman–Crippen LogP) is 4.26. The van der Waals surface area contributed by atoms with Gasteiger partial charge in [0.05, 0.1) is 6.04 Å². The summed E-state index contributed by atoms with van der Waals surface area (Å²) in [4.78, 5) is 3.70. The van der Waals surface area contributed by atoms with E-state index < -0.39 is 0 Å². The van der Waals surface area contributed by atoms with Crippen LogP contribution in [0.5, 0.6) is 0 Å². The van der Waals surface area contributed by atoms with Crippen LogP contribution < -0.4 is 5.32 Å². The van der Waals surface area contributed by atoms with E-state index >= 15 is 0 Å². The van der Waals surface area contributed by atoms with Crippen molar-refractivity contribution in [3.63, 3.8) is 0 Å². The maximum atomic E-state index is 3.59. The van der Waals surface area contributed by atoms with Crippen molar-refractivity contribution in [2.45, 2.75) is 32.4 Å². The van der Waals surface area contributed by atoms with Crippen LogP contribution in [0.25, 0.3) is 0 Å². The van der Waals surface area contributed by atoms with Crippen molar-refractivity contribution in [2.24, 2.45) is 0 Å². The predicted molar refractivity (Wildman–Crippen MR) is 93.0 cm³/mol. The second-order valence-electron chi connectivity index (χ2n) is 6.02. The summed E-state index contributed by atoms with van der Waals surface area (Å²) >= 11 is 1.83. The van der Waals surface area contributed by atoms with Gasteiger partial charge in [0.15, 0.2) is 0 Å². The Morgan fingerprint density at radius 2 is 1.81 bits per heavy atom. The lowest BCUT2D eigenvalue weighted by Gasteiger charge is -2.23. The van der Waals surface area contributed by atoms with Crippen molar-refractivity contribution in [1.29, 1.82) is 0 Å². The molecule has 0 amide bonds. The molecular weight excluding hydrogens is 276 g/mol. The molecule has 0 aliphatic heterocycles. The number of rotatable bonds is 7. The molecule has 1 heterocycles. The molecule has 1 atom stereocenters. The summed E-state index contributed by atoms with van der Waals surface area (Å²) in [6, 6.07) is 13.7. The zero-order chi connectivity index (χ0) is 15.2. The molecule has 0 spiro atoms. The molecule has 2 rings (SSSR count). The average Bonchev–Trinajstić information content (AvgIpc) is 2.97. The van der Waals surface area contributed by atoms with Gasteiger partial charge in [-0.1, -0.05) is 44.2 Å². The van der Waals surface area contributed by atoms with E-state index in [1.54, 1.807) is 0 Å². The normalized spacial score (nSPS) is 13.0. The van der Waals surface area contributed by atoms with Gasteiger partial charge in [0.25, 0.3) is 0 Å². The fourth-order valence-electron chi connectivity index (χ4n) is 2.39. The molecule has 21 heavy (non-hydrogen) atoms. The monoisotopic (exact) mass is 302 g/mol. The molecule has 1 aromatic heterocycles. The van der Waals surface area contributed by atoms with Gasteiger partial charge in [0.1, 0.15) is 0 Å². The van der Waals surface area contributed by atoms with E-state index in [9.17, 15) is 0 Å². The first-order chi connectivity index (χ1) is 10.1. The van der Waals surface area contributed by atoms with E-state index in [1.165, 1.54) is 16.0 Å². The van der Waals surface area contributed by atoms with Crippen LogP contribution in [0, 0.1) is 0 Å². The first-order valence-electron chi connectivity index (χ1n) is 7.57. The number of likely N-dealkylation sites (N-methyl/N-ethyl adjacent to an activating group) is 1. The highest BCUT2D eigenvalue weighted by atomic mass is 32.1. The fraction of sp³-hybridized carbons (Fsp3) is 0.444. The van der Waals surface area contributed by atoms with Crippen molar-refractivity contribution in [3.05, 3.63) is 57.8 Å². The third-order valence-corrected chi connectivity index (χ3v) is 4.78. The SMILES string of the molecule is CC(C)c1ccc(CNCC(c2cccs2)N(C)C)cc1. The lowest BCUT2D eigenvalue weighted by Crippen LogP contribution is -2.30. The van der Waals surface area contributed by atoms with Gasteiger partial charge in [-0.3, -0.25) is 0 Å². The van der Waals surface area contributed by atoms with Crippen LogP contribution in [-0.4, -0.2) is 25.5 Å². The first-order valence-corrected chi connectivity index (χ1v) is 8.45. The van der Waals surface area contributed by atoms with Crippen LogP contribution in [0.2, 0.25) is 0 Å². The van der Waals surface area contributed by atoms with Gasteiger partial charge in [0.2, 0.25) is 0 Å². The Hall–Kier alpha value is -1.16. The van der Waals surface area contributed by atoms with Crippen LogP contribution >= 0.6 is 11.3 Å². The molecule has 3 heteroatoms. The lowest BCUT2D eigenvalue weighted by molar-refractivity contribution is 0.292. The second kappa shape index (κ2) is 7.74. The molecule has 2 nitrogen and oxygen atoms in total. The molecule has 1 N–H and O–H groups in total. The van der Waals surface area contributed by atoms with E-state index in [0.29, 0.717) is 12.0 Å². The Labute approximate surface area is 132 Å². The molecule has 1 aromatic carbocycles. The summed E-state index contributed by atoms with van der Waals surface area (Å²) in [5.74, 6) is 0.601. The van der Waals surface area contributed by atoms with Gasteiger partial charge in [-0.2, -0.15) is 0 Å². The maximum Gasteiger partial charge on any atom is 0.0561 e. The van der Waals surface area contributed by atoms with Crippen molar-refractivity contribution in [3.8, 4) is 0 Å². The molecule has 0 saturated heterocycles. The summed E-state index contributed by atoms with van der Waals surface area (Å²) in [6.07, 6.45) is 0. The molecule has 0 radical (unpaired) electrons. The minimum Gasteiger partial charge on any atom is -0.311 e. The molecule has 2 aromatic rings. The fourth-order valence-corrected chi connectivity index (χ4v) is 3.31. The van der Waals surface area contributed by atoms with Crippen molar-refractivity contribution in [2.75, 3.05) is 20.6 Å². The topological polar surface area (TPSA) is 15.3 Å². The second-order valence-corrected chi connectivity index (χ2v) is 7.00. The third-order valence-electron chi connectivity index (χ3n) is 3.81. The zero-order valence-corrected chi connectivity index (χ0v) is 14.3. The minimum atomic E-state index is 0.444. The highest BCUT2D eigenvalue weighted by Crippen LogP contribution is 2.22. The van der Waals surface area contributed by atoms with Crippen molar-refractivity contribution in [1.82, 2.24) is 10.2 Å². The summed E-state index contributed by atoms with van der Waals surface area (Å²) in [5.41, 5.74) is 2.76. The quantitative estimate of drug-likeness (QED) is 0.822. The Bertz CT molecular complexity index is 515. The summed E-state index contributed by atoms with van der Waals surface area (Å²) in [7, 11) is 4.28. The first kappa shape index (κ1) is 16.2. The van der Waals surface area contributed by atoms with E-state index in [-0.39, 0.29) is 0 Å².